The lowest BCUT2D eigenvalue weighted by atomic mass is 10.1. The molecule has 1 aliphatic heterocycles. The predicted octanol–water partition coefficient (Wildman–Crippen LogP) is 2.41. The molecular formula is C15H23BrN2O2. The first kappa shape index (κ1) is 15.8. The van der Waals surface area contributed by atoms with Crippen LogP contribution >= 0.6 is 15.9 Å². The Kier molecular flexibility index (Phi) is 6.29. The van der Waals surface area contributed by atoms with Crippen molar-refractivity contribution >= 4 is 21.6 Å². The van der Waals surface area contributed by atoms with Crippen LogP contribution in [-0.4, -0.2) is 46.6 Å². The van der Waals surface area contributed by atoms with Crippen molar-refractivity contribution in [2.75, 3.05) is 45.4 Å². The molecule has 0 aromatic heterocycles. The van der Waals surface area contributed by atoms with Crippen molar-refractivity contribution in [3.05, 3.63) is 28.2 Å². The summed E-state index contributed by atoms with van der Waals surface area (Å²) in [6.45, 7) is 4.49. The molecule has 1 unspecified atom stereocenters. The minimum Gasteiger partial charge on any atom is -0.383 e. The van der Waals surface area contributed by atoms with Gasteiger partial charge in [-0.1, -0.05) is 15.9 Å². The van der Waals surface area contributed by atoms with Gasteiger partial charge in [0.15, 0.2) is 0 Å². The molecule has 5 heteroatoms. The number of benzene rings is 1. The third kappa shape index (κ3) is 4.19. The fourth-order valence-electron chi connectivity index (χ4n) is 2.54. The first-order valence-electron chi connectivity index (χ1n) is 7.00. The highest BCUT2D eigenvalue weighted by molar-refractivity contribution is 9.10. The van der Waals surface area contributed by atoms with Crippen LogP contribution in [0.25, 0.3) is 0 Å². The van der Waals surface area contributed by atoms with E-state index in [1.165, 1.54) is 11.3 Å². The normalized spacial score (nSPS) is 18.8. The smallest absolute Gasteiger partial charge is 0.0762 e. The second-order valence-corrected chi connectivity index (χ2v) is 5.95. The molecule has 0 saturated carbocycles. The van der Waals surface area contributed by atoms with E-state index in [4.69, 9.17) is 9.47 Å². The van der Waals surface area contributed by atoms with Crippen LogP contribution in [0.4, 0.5) is 5.69 Å². The number of methoxy groups -OCH3 is 2. The highest BCUT2D eigenvalue weighted by Gasteiger charge is 2.23. The average molecular weight is 343 g/mol. The van der Waals surface area contributed by atoms with Gasteiger partial charge >= 0.3 is 0 Å². The molecule has 0 aliphatic carbocycles. The summed E-state index contributed by atoms with van der Waals surface area (Å²) in [6, 6.07) is 6.48. The van der Waals surface area contributed by atoms with E-state index >= 15 is 0 Å². The molecule has 0 bridgehead atoms. The summed E-state index contributed by atoms with van der Waals surface area (Å²) in [5.41, 5.74) is 2.62. The molecule has 1 aliphatic rings. The monoisotopic (exact) mass is 342 g/mol. The molecule has 1 aromatic rings. The molecule has 1 saturated heterocycles. The number of ether oxygens (including phenoxy) is 2. The van der Waals surface area contributed by atoms with Crippen molar-refractivity contribution < 1.29 is 9.47 Å². The van der Waals surface area contributed by atoms with Crippen LogP contribution in [0.5, 0.6) is 0 Å². The molecule has 0 radical (unpaired) electrons. The summed E-state index contributed by atoms with van der Waals surface area (Å²) in [6.07, 6.45) is 1.45. The number of halogens is 1. The molecule has 112 valence electrons. The van der Waals surface area contributed by atoms with Crippen LogP contribution in [0, 0.1) is 0 Å². The second-order valence-electron chi connectivity index (χ2n) is 5.04. The Morgan fingerprint density at radius 3 is 2.95 bits per heavy atom. The van der Waals surface area contributed by atoms with Crippen LogP contribution in [0.3, 0.4) is 0 Å². The largest absolute Gasteiger partial charge is 0.383 e. The van der Waals surface area contributed by atoms with E-state index in [2.05, 4.69) is 44.3 Å². The maximum absolute atomic E-state index is 5.46. The number of nitrogens with one attached hydrogen (secondary N) is 1. The molecule has 0 spiro atoms. The second kappa shape index (κ2) is 7.98. The first-order chi connectivity index (χ1) is 9.74. The fourth-order valence-corrected chi connectivity index (χ4v) is 2.95. The van der Waals surface area contributed by atoms with Crippen molar-refractivity contribution in [1.29, 1.82) is 0 Å². The Balaban J connectivity index is 2.03. The number of hydrogen-bond donors (Lipinski definition) is 1. The molecule has 1 heterocycles. The summed E-state index contributed by atoms with van der Waals surface area (Å²) in [5, 5.41) is 3.42. The van der Waals surface area contributed by atoms with Crippen LogP contribution in [0.15, 0.2) is 22.7 Å². The van der Waals surface area contributed by atoms with Gasteiger partial charge in [0.1, 0.15) is 0 Å². The predicted molar refractivity (Wildman–Crippen MR) is 85.4 cm³/mol. The highest BCUT2D eigenvalue weighted by atomic mass is 79.9. The van der Waals surface area contributed by atoms with Crippen molar-refractivity contribution in [2.24, 2.45) is 0 Å². The Hall–Kier alpha value is -0.620. The van der Waals surface area contributed by atoms with Gasteiger partial charge in [-0.2, -0.15) is 0 Å². The molecule has 1 aromatic carbocycles. The third-order valence-corrected chi connectivity index (χ3v) is 4.15. The van der Waals surface area contributed by atoms with E-state index in [1.807, 2.05) is 0 Å². The van der Waals surface area contributed by atoms with Crippen molar-refractivity contribution in [1.82, 2.24) is 5.32 Å². The van der Waals surface area contributed by atoms with Gasteiger partial charge in [0.25, 0.3) is 0 Å². The van der Waals surface area contributed by atoms with Gasteiger partial charge in [-0.3, -0.25) is 0 Å². The van der Waals surface area contributed by atoms with Crippen molar-refractivity contribution in [3.63, 3.8) is 0 Å². The standard InChI is InChI=1S/C15H23BrN2O2/c1-19-8-6-17-10-12-9-13(16)3-4-15(12)18-7-5-14(11-18)20-2/h3-4,9,14,17H,5-8,10-11H2,1-2H3. The number of rotatable bonds is 7. The summed E-state index contributed by atoms with van der Waals surface area (Å²) in [5.74, 6) is 0. The number of hydrogen-bond acceptors (Lipinski definition) is 4. The molecule has 20 heavy (non-hydrogen) atoms. The number of nitrogens with zero attached hydrogens (tertiary/aromatic N) is 1. The van der Waals surface area contributed by atoms with Gasteiger partial charge in [-0.05, 0) is 30.2 Å². The van der Waals surface area contributed by atoms with E-state index < -0.39 is 0 Å². The molecular weight excluding hydrogens is 320 g/mol. The lowest BCUT2D eigenvalue weighted by Crippen LogP contribution is -2.25. The Bertz CT molecular complexity index is 428. The van der Waals surface area contributed by atoms with Gasteiger partial charge in [0, 0.05) is 50.6 Å². The average Bonchev–Trinajstić information content (AvgIpc) is 2.92. The zero-order chi connectivity index (χ0) is 14.4. The van der Waals surface area contributed by atoms with Crippen molar-refractivity contribution in [3.8, 4) is 0 Å². The van der Waals surface area contributed by atoms with Gasteiger partial charge in [0.05, 0.1) is 12.7 Å². The SMILES string of the molecule is COCCNCc1cc(Br)ccc1N1CCC(OC)C1. The zero-order valence-electron chi connectivity index (χ0n) is 12.2. The van der Waals surface area contributed by atoms with E-state index in [-0.39, 0.29) is 0 Å². The Labute approximate surface area is 129 Å². The topological polar surface area (TPSA) is 33.7 Å². The molecule has 0 amide bonds. The van der Waals surface area contributed by atoms with Gasteiger partial charge in [0.2, 0.25) is 0 Å². The molecule has 1 N–H and O–H groups in total. The minimum atomic E-state index is 0.355. The molecule has 1 atom stereocenters. The highest BCUT2D eigenvalue weighted by Crippen LogP contribution is 2.28. The van der Waals surface area contributed by atoms with Crippen LogP contribution in [0.2, 0.25) is 0 Å². The molecule has 2 rings (SSSR count). The minimum absolute atomic E-state index is 0.355. The fraction of sp³-hybridized carbons (Fsp3) is 0.600. The summed E-state index contributed by atoms with van der Waals surface area (Å²) < 4.78 is 11.6. The summed E-state index contributed by atoms with van der Waals surface area (Å²) in [7, 11) is 3.52. The van der Waals surface area contributed by atoms with E-state index in [0.717, 1.165) is 43.7 Å². The summed E-state index contributed by atoms with van der Waals surface area (Å²) >= 11 is 3.56. The van der Waals surface area contributed by atoms with Crippen LogP contribution < -0.4 is 10.2 Å². The third-order valence-electron chi connectivity index (χ3n) is 3.66. The van der Waals surface area contributed by atoms with Crippen LogP contribution in [0.1, 0.15) is 12.0 Å². The quantitative estimate of drug-likeness (QED) is 0.771. The maximum Gasteiger partial charge on any atom is 0.0762 e. The molecule has 4 nitrogen and oxygen atoms in total. The van der Waals surface area contributed by atoms with Crippen LogP contribution in [-0.2, 0) is 16.0 Å². The Morgan fingerprint density at radius 2 is 2.25 bits per heavy atom. The zero-order valence-corrected chi connectivity index (χ0v) is 13.8. The number of anilines is 1. The van der Waals surface area contributed by atoms with Crippen molar-refractivity contribution in [2.45, 2.75) is 19.1 Å². The summed E-state index contributed by atoms with van der Waals surface area (Å²) in [4.78, 5) is 2.41. The lowest BCUT2D eigenvalue weighted by Gasteiger charge is -2.22. The maximum atomic E-state index is 5.46. The lowest BCUT2D eigenvalue weighted by molar-refractivity contribution is 0.121. The van der Waals surface area contributed by atoms with Gasteiger partial charge in [-0.25, -0.2) is 0 Å². The molecule has 1 fully saturated rings. The van der Waals surface area contributed by atoms with E-state index in [0.29, 0.717) is 6.10 Å². The Morgan fingerprint density at radius 1 is 1.40 bits per heavy atom. The van der Waals surface area contributed by atoms with E-state index in [1.54, 1.807) is 14.2 Å². The van der Waals surface area contributed by atoms with Gasteiger partial charge < -0.3 is 19.7 Å². The first-order valence-corrected chi connectivity index (χ1v) is 7.79. The van der Waals surface area contributed by atoms with Gasteiger partial charge in [-0.15, -0.1) is 0 Å². The van der Waals surface area contributed by atoms with E-state index in [9.17, 15) is 0 Å².